The van der Waals surface area contributed by atoms with Gasteiger partial charge in [0.25, 0.3) is 0 Å². The van der Waals surface area contributed by atoms with Gasteiger partial charge in [0.05, 0.1) is 0 Å². The normalized spacial score (nSPS) is 27.8. The number of amides is 1. The molecule has 1 amide bonds. The molecule has 0 radical (unpaired) electrons. The van der Waals surface area contributed by atoms with Crippen molar-refractivity contribution < 1.29 is 4.79 Å². The molecule has 2 aliphatic carbocycles. The van der Waals surface area contributed by atoms with E-state index >= 15 is 0 Å². The van der Waals surface area contributed by atoms with Crippen LogP contribution in [0.15, 0.2) is 24.3 Å². The Morgan fingerprint density at radius 3 is 2.36 bits per heavy atom. The van der Waals surface area contributed by atoms with Gasteiger partial charge in [0.2, 0.25) is 5.91 Å². The van der Waals surface area contributed by atoms with Crippen molar-refractivity contribution in [2.24, 2.45) is 11.8 Å². The Morgan fingerprint density at radius 1 is 0.929 bits per heavy atom. The van der Waals surface area contributed by atoms with E-state index in [1.165, 1.54) is 63.6 Å². The van der Waals surface area contributed by atoms with Crippen molar-refractivity contribution in [3.63, 3.8) is 0 Å². The van der Waals surface area contributed by atoms with Crippen molar-refractivity contribution in [2.75, 3.05) is 13.1 Å². The Labute approximate surface area is 175 Å². The largest absolute Gasteiger partial charge is 0.352 e. The molecule has 28 heavy (non-hydrogen) atoms. The third kappa shape index (κ3) is 5.10. The molecule has 0 spiro atoms. The second kappa shape index (κ2) is 9.63. The first-order valence-corrected chi connectivity index (χ1v) is 11.9. The van der Waals surface area contributed by atoms with Crippen LogP contribution in [0.2, 0.25) is 5.02 Å². The summed E-state index contributed by atoms with van der Waals surface area (Å²) in [5, 5.41) is 4.28. The van der Waals surface area contributed by atoms with Crippen LogP contribution < -0.4 is 5.32 Å². The molecule has 1 aromatic rings. The SMILES string of the molecule is O=C(NC1CCCC1N1CCC(Cc2ccc(Cl)cc2)CC1)C1CCCCC1. The molecule has 3 aliphatic rings. The average molecular weight is 403 g/mol. The van der Waals surface area contributed by atoms with E-state index in [1.54, 1.807) is 0 Å². The van der Waals surface area contributed by atoms with E-state index in [1.807, 2.05) is 12.1 Å². The molecule has 1 saturated heterocycles. The summed E-state index contributed by atoms with van der Waals surface area (Å²) < 4.78 is 0. The number of nitrogens with zero attached hydrogens (tertiary/aromatic N) is 1. The van der Waals surface area contributed by atoms with Crippen LogP contribution in [0.1, 0.15) is 69.8 Å². The number of benzene rings is 1. The van der Waals surface area contributed by atoms with Crippen LogP contribution in [0.25, 0.3) is 0 Å². The summed E-state index contributed by atoms with van der Waals surface area (Å²) in [4.78, 5) is 15.4. The van der Waals surface area contributed by atoms with Crippen LogP contribution in [0.4, 0.5) is 0 Å². The smallest absolute Gasteiger partial charge is 0.223 e. The van der Waals surface area contributed by atoms with Crippen LogP contribution in [0.3, 0.4) is 0 Å². The van der Waals surface area contributed by atoms with Crippen LogP contribution >= 0.6 is 11.6 Å². The molecule has 3 fully saturated rings. The van der Waals surface area contributed by atoms with Gasteiger partial charge in [-0.25, -0.2) is 0 Å². The van der Waals surface area contributed by atoms with Crippen LogP contribution in [-0.4, -0.2) is 36.0 Å². The summed E-state index contributed by atoms with van der Waals surface area (Å²) in [6.07, 6.45) is 13.3. The molecule has 1 N–H and O–H groups in total. The Hall–Kier alpha value is -1.06. The molecule has 154 valence electrons. The van der Waals surface area contributed by atoms with Crippen LogP contribution in [0.5, 0.6) is 0 Å². The number of rotatable bonds is 5. The molecule has 3 nitrogen and oxygen atoms in total. The van der Waals surface area contributed by atoms with Gasteiger partial charge in [-0.05, 0) is 88.1 Å². The van der Waals surface area contributed by atoms with Gasteiger partial charge in [0.15, 0.2) is 0 Å². The zero-order chi connectivity index (χ0) is 19.3. The van der Waals surface area contributed by atoms with Crippen molar-refractivity contribution in [2.45, 2.75) is 82.7 Å². The van der Waals surface area contributed by atoms with Crippen molar-refractivity contribution in [3.05, 3.63) is 34.9 Å². The second-order valence-corrected chi connectivity index (χ2v) is 9.69. The van der Waals surface area contributed by atoms with Crippen LogP contribution in [-0.2, 0) is 11.2 Å². The maximum Gasteiger partial charge on any atom is 0.223 e. The van der Waals surface area contributed by atoms with Crippen molar-refractivity contribution >= 4 is 17.5 Å². The summed E-state index contributed by atoms with van der Waals surface area (Å²) in [7, 11) is 0. The van der Waals surface area contributed by atoms with Gasteiger partial charge in [-0.2, -0.15) is 0 Å². The number of hydrogen-bond acceptors (Lipinski definition) is 2. The Bertz CT molecular complexity index is 633. The molecule has 0 aromatic heterocycles. The van der Waals surface area contributed by atoms with E-state index in [4.69, 9.17) is 11.6 Å². The number of piperidine rings is 1. The molecular weight excluding hydrogens is 368 g/mol. The summed E-state index contributed by atoms with van der Waals surface area (Å²) in [6.45, 7) is 2.36. The van der Waals surface area contributed by atoms with Crippen molar-refractivity contribution in [3.8, 4) is 0 Å². The summed E-state index contributed by atoms with van der Waals surface area (Å²) in [5.41, 5.74) is 1.40. The van der Waals surface area contributed by atoms with Crippen LogP contribution in [0, 0.1) is 11.8 Å². The second-order valence-electron chi connectivity index (χ2n) is 9.26. The van der Waals surface area contributed by atoms with Gasteiger partial charge in [0.1, 0.15) is 0 Å². The minimum absolute atomic E-state index is 0.278. The molecule has 0 bridgehead atoms. The molecule has 4 heteroatoms. The quantitative estimate of drug-likeness (QED) is 0.732. The van der Waals surface area contributed by atoms with E-state index < -0.39 is 0 Å². The van der Waals surface area contributed by atoms with E-state index in [0.29, 0.717) is 18.0 Å². The maximum absolute atomic E-state index is 12.7. The Kier molecular flexibility index (Phi) is 6.95. The minimum Gasteiger partial charge on any atom is -0.352 e. The highest BCUT2D eigenvalue weighted by Gasteiger charge is 2.36. The van der Waals surface area contributed by atoms with E-state index in [0.717, 1.165) is 36.6 Å². The fourth-order valence-corrected chi connectivity index (χ4v) is 5.78. The topological polar surface area (TPSA) is 32.3 Å². The molecular formula is C24H35ClN2O. The summed E-state index contributed by atoms with van der Waals surface area (Å²) >= 11 is 6.01. The Morgan fingerprint density at radius 2 is 1.64 bits per heavy atom. The standard InChI is InChI=1S/C24H35ClN2O/c25-21-11-9-18(10-12-21)17-19-13-15-27(16-14-19)23-8-4-7-22(23)26-24(28)20-5-2-1-3-6-20/h9-12,19-20,22-23H,1-8,13-17H2,(H,26,28). The molecule has 2 saturated carbocycles. The zero-order valence-electron chi connectivity index (χ0n) is 17.0. The first kappa shape index (κ1) is 20.2. The molecule has 2 atom stereocenters. The number of carbonyl (C=O) groups excluding carboxylic acids is 1. The highest BCUT2D eigenvalue weighted by Crippen LogP contribution is 2.31. The predicted octanol–water partition coefficient (Wildman–Crippen LogP) is 5.21. The van der Waals surface area contributed by atoms with Crippen molar-refractivity contribution in [1.29, 1.82) is 0 Å². The molecule has 4 rings (SSSR count). The lowest BCUT2D eigenvalue weighted by Gasteiger charge is -2.39. The first-order valence-electron chi connectivity index (χ1n) is 11.5. The van der Waals surface area contributed by atoms with E-state index in [9.17, 15) is 4.79 Å². The average Bonchev–Trinajstić information content (AvgIpc) is 3.19. The number of likely N-dealkylation sites (tertiary alicyclic amines) is 1. The summed E-state index contributed by atoms with van der Waals surface area (Å²) in [5.74, 6) is 1.39. The molecule has 1 aliphatic heterocycles. The number of nitrogens with one attached hydrogen (secondary N) is 1. The molecule has 1 heterocycles. The highest BCUT2D eigenvalue weighted by atomic mass is 35.5. The summed E-state index contributed by atoms with van der Waals surface area (Å²) in [6, 6.07) is 9.28. The lowest BCUT2D eigenvalue weighted by Crippen LogP contribution is -2.52. The van der Waals surface area contributed by atoms with Gasteiger partial charge < -0.3 is 5.32 Å². The zero-order valence-corrected chi connectivity index (χ0v) is 17.8. The minimum atomic E-state index is 0.278. The van der Waals surface area contributed by atoms with Gasteiger partial charge in [-0.3, -0.25) is 9.69 Å². The highest BCUT2D eigenvalue weighted by molar-refractivity contribution is 6.30. The van der Waals surface area contributed by atoms with Gasteiger partial charge in [-0.15, -0.1) is 0 Å². The monoisotopic (exact) mass is 402 g/mol. The van der Waals surface area contributed by atoms with Crippen molar-refractivity contribution in [1.82, 2.24) is 10.2 Å². The number of carbonyl (C=O) groups is 1. The maximum atomic E-state index is 12.7. The first-order chi connectivity index (χ1) is 13.7. The predicted molar refractivity (Wildman–Crippen MR) is 116 cm³/mol. The molecule has 2 unspecified atom stereocenters. The number of halogens is 1. The molecule has 1 aromatic carbocycles. The van der Waals surface area contributed by atoms with Gasteiger partial charge >= 0.3 is 0 Å². The lowest BCUT2D eigenvalue weighted by molar-refractivity contribution is -0.127. The fraction of sp³-hybridized carbons (Fsp3) is 0.708. The van der Waals surface area contributed by atoms with Gasteiger partial charge in [-0.1, -0.05) is 43.0 Å². The fourth-order valence-electron chi connectivity index (χ4n) is 5.65. The van der Waals surface area contributed by atoms with E-state index in [2.05, 4.69) is 22.3 Å². The lowest BCUT2D eigenvalue weighted by atomic mass is 9.88. The third-order valence-electron chi connectivity index (χ3n) is 7.34. The number of hydrogen-bond donors (Lipinski definition) is 1. The third-order valence-corrected chi connectivity index (χ3v) is 7.59. The van der Waals surface area contributed by atoms with E-state index in [-0.39, 0.29) is 5.92 Å². The Balaban J connectivity index is 1.26. The van der Waals surface area contributed by atoms with Gasteiger partial charge in [0, 0.05) is 23.0 Å².